The molecule has 0 fully saturated rings. The Morgan fingerprint density at radius 1 is 1.54 bits per heavy atom. The SMILES string of the molecule is CN/C=C\C(=N)CN(C)/N=C\c1c(C=O)n(C)c2nc(Cc3cc[nH]n3)sc12. The number of nitrogens with one attached hydrogen (secondary N) is 3. The summed E-state index contributed by atoms with van der Waals surface area (Å²) in [6.45, 7) is 0.355. The number of rotatable bonds is 9. The number of aryl methyl sites for hydroxylation is 1. The maximum absolute atomic E-state index is 11.6. The van der Waals surface area contributed by atoms with Crippen molar-refractivity contribution in [3.05, 3.63) is 46.5 Å². The number of nitrogens with zero attached hydrogens (tertiary/aromatic N) is 5. The first-order chi connectivity index (χ1) is 13.5. The monoisotopic (exact) mass is 398 g/mol. The lowest BCUT2D eigenvalue weighted by Crippen LogP contribution is -2.19. The van der Waals surface area contributed by atoms with E-state index in [9.17, 15) is 4.79 Å². The van der Waals surface area contributed by atoms with E-state index >= 15 is 0 Å². The summed E-state index contributed by atoms with van der Waals surface area (Å²) in [6.07, 6.45) is 8.27. The average molecular weight is 398 g/mol. The lowest BCUT2D eigenvalue weighted by molar-refractivity contribution is 0.111. The molecule has 0 aliphatic rings. The zero-order chi connectivity index (χ0) is 20.1. The van der Waals surface area contributed by atoms with Gasteiger partial charge in [-0.2, -0.15) is 10.2 Å². The number of hydrogen-bond acceptors (Lipinski definition) is 8. The topological polar surface area (TPSA) is 115 Å². The largest absolute Gasteiger partial charge is 0.394 e. The Hall–Kier alpha value is -3.27. The molecule has 0 amide bonds. The van der Waals surface area contributed by atoms with Crippen molar-refractivity contribution in [3.63, 3.8) is 0 Å². The van der Waals surface area contributed by atoms with Gasteiger partial charge in [0.25, 0.3) is 0 Å². The molecule has 0 aromatic carbocycles. The van der Waals surface area contributed by atoms with E-state index in [1.807, 2.05) is 13.1 Å². The number of H-pyrrole nitrogens is 1. The van der Waals surface area contributed by atoms with Gasteiger partial charge in [-0.05, 0) is 18.3 Å². The average Bonchev–Trinajstić information content (AvgIpc) is 3.37. The quantitative estimate of drug-likeness (QED) is 0.289. The second kappa shape index (κ2) is 8.61. The molecular weight excluding hydrogens is 376 g/mol. The van der Waals surface area contributed by atoms with Crippen LogP contribution in [-0.4, -0.2) is 63.6 Å². The molecule has 3 rings (SSSR count). The second-order valence-corrected chi connectivity index (χ2v) is 7.27. The Kier molecular flexibility index (Phi) is 5.99. The fraction of sp³-hybridized carbons (Fsp3) is 0.278. The number of aromatic nitrogens is 4. The molecule has 3 aromatic heterocycles. The first kappa shape index (κ1) is 19.5. The van der Waals surface area contributed by atoms with E-state index in [1.165, 1.54) is 11.3 Å². The van der Waals surface area contributed by atoms with Crippen molar-refractivity contribution in [2.75, 3.05) is 20.6 Å². The lowest BCUT2D eigenvalue weighted by Gasteiger charge is -2.11. The van der Waals surface area contributed by atoms with Crippen LogP contribution in [0.5, 0.6) is 0 Å². The van der Waals surface area contributed by atoms with Crippen LogP contribution in [-0.2, 0) is 13.5 Å². The molecular formula is C18H22N8OS. The number of hydrogen-bond donors (Lipinski definition) is 3. The maximum atomic E-state index is 11.6. The van der Waals surface area contributed by atoms with E-state index < -0.39 is 0 Å². The van der Waals surface area contributed by atoms with E-state index in [-0.39, 0.29) is 0 Å². The van der Waals surface area contributed by atoms with Crippen molar-refractivity contribution in [1.82, 2.24) is 30.1 Å². The van der Waals surface area contributed by atoms with Crippen LogP contribution in [0.25, 0.3) is 10.3 Å². The molecule has 0 spiro atoms. The van der Waals surface area contributed by atoms with E-state index in [0.29, 0.717) is 24.4 Å². The summed E-state index contributed by atoms with van der Waals surface area (Å²) in [4.78, 5) is 16.3. The predicted molar refractivity (Wildman–Crippen MR) is 112 cm³/mol. The minimum atomic E-state index is 0.355. The van der Waals surface area contributed by atoms with Gasteiger partial charge in [0.1, 0.15) is 5.01 Å². The molecule has 0 aliphatic heterocycles. The Morgan fingerprint density at radius 2 is 2.36 bits per heavy atom. The van der Waals surface area contributed by atoms with Crippen LogP contribution in [0.1, 0.15) is 26.8 Å². The van der Waals surface area contributed by atoms with Crippen LogP contribution in [0.3, 0.4) is 0 Å². The van der Waals surface area contributed by atoms with Crippen LogP contribution in [0.15, 0.2) is 29.6 Å². The number of carbonyl (C=O) groups excluding carboxylic acids is 1. The lowest BCUT2D eigenvalue weighted by atomic mass is 10.3. The highest BCUT2D eigenvalue weighted by atomic mass is 32.1. The Morgan fingerprint density at radius 3 is 3.04 bits per heavy atom. The minimum absolute atomic E-state index is 0.355. The van der Waals surface area contributed by atoms with Gasteiger partial charge in [0.2, 0.25) is 0 Å². The van der Waals surface area contributed by atoms with E-state index in [1.54, 1.807) is 48.4 Å². The number of fused-ring (bicyclic) bond motifs is 1. The summed E-state index contributed by atoms with van der Waals surface area (Å²) in [7, 11) is 5.39. The van der Waals surface area contributed by atoms with Crippen molar-refractivity contribution < 1.29 is 4.79 Å². The third-order valence-electron chi connectivity index (χ3n) is 4.09. The third-order valence-corrected chi connectivity index (χ3v) is 5.17. The molecule has 146 valence electrons. The Balaban J connectivity index is 1.86. The molecule has 28 heavy (non-hydrogen) atoms. The van der Waals surface area contributed by atoms with E-state index in [4.69, 9.17) is 5.41 Å². The molecule has 0 atom stereocenters. The second-order valence-electron chi connectivity index (χ2n) is 6.19. The van der Waals surface area contributed by atoms with Crippen LogP contribution in [0.4, 0.5) is 0 Å². The van der Waals surface area contributed by atoms with Crippen LogP contribution in [0.2, 0.25) is 0 Å². The molecule has 0 saturated heterocycles. The molecule has 3 heterocycles. The minimum Gasteiger partial charge on any atom is -0.394 e. The highest BCUT2D eigenvalue weighted by Crippen LogP contribution is 2.30. The highest BCUT2D eigenvalue weighted by molar-refractivity contribution is 7.19. The summed E-state index contributed by atoms with van der Waals surface area (Å²) < 4.78 is 2.70. The van der Waals surface area contributed by atoms with Crippen molar-refractivity contribution in [3.8, 4) is 0 Å². The first-order valence-electron chi connectivity index (χ1n) is 8.61. The van der Waals surface area contributed by atoms with Gasteiger partial charge in [-0.15, -0.1) is 11.3 Å². The molecule has 0 saturated carbocycles. The molecule has 10 heteroatoms. The van der Waals surface area contributed by atoms with Gasteiger partial charge in [0.05, 0.1) is 34.6 Å². The standard InChI is InChI=1S/C18H22N8OS/c1-20-6-4-12(19)10-25(2)22-9-14-15(11-27)26(3)18-17(14)28-16(23-18)8-13-5-7-21-24-13/h4-7,9,11,19-20H,8,10H2,1-3H3,(H,21,24)/b6-4-,19-12?,22-9-. The van der Waals surface area contributed by atoms with Crippen LogP contribution in [0, 0.1) is 5.41 Å². The van der Waals surface area contributed by atoms with Crippen LogP contribution < -0.4 is 5.32 Å². The number of aldehydes is 1. The van der Waals surface area contributed by atoms with Gasteiger partial charge >= 0.3 is 0 Å². The Labute approximate surface area is 166 Å². The molecule has 0 radical (unpaired) electrons. The number of carbonyl (C=O) groups is 1. The first-order valence-corrected chi connectivity index (χ1v) is 9.43. The third kappa shape index (κ3) is 4.17. The van der Waals surface area contributed by atoms with Gasteiger partial charge < -0.3 is 15.3 Å². The molecule has 0 bridgehead atoms. The van der Waals surface area contributed by atoms with E-state index in [0.717, 1.165) is 32.9 Å². The summed E-state index contributed by atoms with van der Waals surface area (Å²) in [5.41, 5.74) is 3.36. The number of thiazole rings is 1. The highest BCUT2D eigenvalue weighted by Gasteiger charge is 2.18. The maximum Gasteiger partial charge on any atom is 0.167 e. The predicted octanol–water partition coefficient (Wildman–Crippen LogP) is 1.78. The van der Waals surface area contributed by atoms with Crippen molar-refractivity contribution in [2.24, 2.45) is 12.1 Å². The number of aromatic amines is 1. The van der Waals surface area contributed by atoms with Crippen molar-refractivity contribution >= 4 is 39.9 Å². The molecule has 3 N–H and O–H groups in total. The molecule has 0 aliphatic carbocycles. The molecule has 0 unspecified atom stereocenters. The zero-order valence-corrected chi connectivity index (χ0v) is 16.7. The summed E-state index contributed by atoms with van der Waals surface area (Å²) in [5.74, 6) is 0. The summed E-state index contributed by atoms with van der Waals surface area (Å²) in [6, 6.07) is 1.91. The summed E-state index contributed by atoms with van der Waals surface area (Å²) in [5, 5.41) is 24.7. The van der Waals surface area contributed by atoms with Crippen molar-refractivity contribution in [1.29, 1.82) is 5.41 Å². The van der Waals surface area contributed by atoms with E-state index in [2.05, 4.69) is 25.6 Å². The molecule has 3 aromatic rings. The normalized spacial score (nSPS) is 11.7. The van der Waals surface area contributed by atoms with Gasteiger partial charge in [0, 0.05) is 39.3 Å². The number of hydrazone groups is 1. The van der Waals surface area contributed by atoms with Gasteiger partial charge in [0.15, 0.2) is 11.9 Å². The fourth-order valence-electron chi connectivity index (χ4n) is 2.74. The van der Waals surface area contributed by atoms with Gasteiger partial charge in [-0.3, -0.25) is 14.9 Å². The summed E-state index contributed by atoms with van der Waals surface area (Å²) >= 11 is 1.53. The van der Waals surface area contributed by atoms with Crippen LogP contribution >= 0.6 is 11.3 Å². The van der Waals surface area contributed by atoms with Gasteiger partial charge in [-0.25, -0.2) is 4.98 Å². The Bertz CT molecular complexity index is 1030. The van der Waals surface area contributed by atoms with Gasteiger partial charge in [-0.1, -0.05) is 0 Å². The van der Waals surface area contributed by atoms with Crippen molar-refractivity contribution in [2.45, 2.75) is 6.42 Å². The fourth-order valence-corrected chi connectivity index (χ4v) is 3.87. The zero-order valence-electron chi connectivity index (χ0n) is 15.9. The smallest absolute Gasteiger partial charge is 0.167 e. The molecule has 9 nitrogen and oxygen atoms in total.